The van der Waals surface area contributed by atoms with E-state index in [1.165, 1.54) is 30.8 Å². The van der Waals surface area contributed by atoms with E-state index in [9.17, 15) is 24.5 Å². The lowest BCUT2D eigenvalue weighted by atomic mass is 9.91. The van der Waals surface area contributed by atoms with Crippen LogP contribution in [-0.2, 0) is 19.1 Å². The van der Waals surface area contributed by atoms with Crippen LogP contribution >= 0.6 is 11.8 Å². The topological polar surface area (TPSA) is 126 Å². The molecular formula is C29H29N5O6S. The molecule has 2 aromatic rings. The Labute approximate surface area is 241 Å². The first kappa shape index (κ1) is 28.1. The van der Waals surface area contributed by atoms with Gasteiger partial charge in [-0.1, -0.05) is 42.1 Å². The Balaban J connectivity index is 1.54. The molecule has 0 saturated carbocycles. The summed E-state index contributed by atoms with van der Waals surface area (Å²) in [7, 11) is 0. The van der Waals surface area contributed by atoms with Gasteiger partial charge in [0.25, 0.3) is 5.69 Å². The largest absolute Gasteiger partial charge is 0.463 e. The third kappa shape index (κ3) is 5.73. The zero-order valence-electron chi connectivity index (χ0n) is 22.7. The van der Waals surface area contributed by atoms with Gasteiger partial charge < -0.3 is 19.4 Å². The molecular weight excluding hydrogens is 546 g/mol. The molecule has 3 aliphatic rings. The summed E-state index contributed by atoms with van der Waals surface area (Å²) in [6, 6.07) is 14.6. The number of aliphatic imine (C=N–C) groups is 1. The van der Waals surface area contributed by atoms with Crippen molar-refractivity contribution in [3.05, 3.63) is 92.5 Å². The van der Waals surface area contributed by atoms with E-state index in [0.717, 1.165) is 5.56 Å². The molecule has 0 bridgehead atoms. The lowest BCUT2D eigenvalue weighted by molar-refractivity contribution is -0.384. The monoisotopic (exact) mass is 575 g/mol. The van der Waals surface area contributed by atoms with Gasteiger partial charge in [0.2, 0.25) is 11.8 Å². The van der Waals surface area contributed by atoms with Gasteiger partial charge in [-0.15, -0.1) is 0 Å². The number of thioether (sulfide) groups is 1. The van der Waals surface area contributed by atoms with Crippen molar-refractivity contribution in [2.75, 3.05) is 32.8 Å². The van der Waals surface area contributed by atoms with Crippen LogP contribution in [-0.4, -0.2) is 75.4 Å². The summed E-state index contributed by atoms with van der Waals surface area (Å²) < 4.78 is 5.50. The zero-order valence-corrected chi connectivity index (χ0v) is 23.5. The number of non-ortho nitro benzene ring substituents is 1. The molecule has 0 spiro atoms. The molecule has 212 valence electrons. The molecule has 0 N–H and O–H groups in total. The van der Waals surface area contributed by atoms with E-state index >= 15 is 0 Å². The molecule has 12 heteroatoms. The number of amides is 2. The minimum Gasteiger partial charge on any atom is -0.463 e. The minimum absolute atomic E-state index is 0.0142. The maximum Gasteiger partial charge on any atom is 0.338 e. The molecule has 0 radical (unpaired) electrons. The number of piperazine rings is 1. The first-order valence-electron chi connectivity index (χ1n) is 13.3. The van der Waals surface area contributed by atoms with Gasteiger partial charge in [-0.05, 0) is 30.0 Å². The second-order valence-electron chi connectivity index (χ2n) is 9.66. The van der Waals surface area contributed by atoms with Crippen LogP contribution in [0.4, 0.5) is 5.69 Å². The molecule has 0 aliphatic carbocycles. The van der Waals surface area contributed by atoms with Crippen LogP contribution in [0.5, 0.6) is 0 Å². The number of hydrogen-bond donors (Lipinski definition) is 0. The van der Waals surface area contributed by atoms with Crippen molar-refractivity contribution in [2.45, 2.75) is 26.3 Å². The van der Waals surface area contributed by atoms with E-state index in [4.69, 9.17) is 9.73 Å². The van der Waals surface area contributed by atoms with Gasteiger partial charge in [0, 0.05) is 56.5 Å². The Kier molecular flexibility index (Phi) is 8.20. The van der Waals surface area contributed by atoms with E-state index in [1.54, 1.807) is 28.9 Å². The number of rotatable bonds is 7. The molecule has 2 amide bonds. The highest BCUT2D eigenvalue weighted by Gasteiger charge is 2.42. The molecule has 1 atom stereocenters. The summed E-state index contributed by atoms with van der Waals surface area (Å²) in [4.78, 5) is 59.8. The van der Waals surface area contributed by atoms with Crippen molar-refractivity contribution < 1.29 is 24.0 Å². The molecule has 41 heavy (non-hydrogen) atoms. The fourth-order valence-electron chi connectivity index (χ4n) is 5.12. The standard InChI is InChI=1S/C29H29N5O6S/c1-3-40-28(37)25-26(20-7-5-4-6-8-20)30-29-33(27(25)21-9-11-22(12-10-21)34(38)39)23(18-41-29)17-24(36)32-15-13-31(14-16-32)19(2)35/h4-12,18,27H,3,13-17H2,1-2H3. The van der Waals surface area contributed by atoms with Crippen LogP contribution in [0.1, 0.15) is 37.4 Å². The minimum atomic E-state index is -0.735. The predicted molar refractivity (Wildman–Crippen MR) is 154 cm³/mol. The first-order valence-corrected chi connectivity index (χ1v) is 14.1. The van der Waals surface area contributed by atoms with Crippen molar-refractivity contribution in [3.8, 4) is 0 Å². The van der Waals surface area contributed by atoms with Crippen molar-refractivity contribution in [3.63, 3.8) is 0 Å². The Bertz CT molecular complexity index is 1460. The van der Waals surface area contributed by atoms with Crippen LogP contribution in [0, 0.1) is 10.1 Å². The average Bonchev–Trinajstić information content (AvgIpc) is 3.38. The van der Waals surface area contributed by atoms with Crippen LogP contribution in [0.15, 0.2) is 76.3 Å². The summed E-state index contributed by atoms with van der Waals surface area (Å²) in [5.74, 6) is -0.667. The number of hydrogen-bond acceptors (Lipinski definition) is 9. The smallest absolute Gasteiger partial charge is 0.338 e. The number of amidine groups is 1. The quantitative estimate of drug-likeness (QED) is 0.276. The number of carbonyl (C=O) groups is 3. The van der Waals surface area contributed by atoms with Crippen molar-refractivity contribution in [2.24, 2.45) is 4.99 Å². The van der Waals surface area contributed by atoms with Crippen molar-refractivity contribution in [1.82, 2.24) is 14.7 Å². The molecule has 1 unspecified atom stereocenters. The van der Waals surface area contributed by atoms with E-state index in [1.807, 2.05) is 40.6 Å². The lowest BCUT2D eigenvalue weighted by Crippen LogP contribution is -2.50. The Morgan fingerprint density at radius 2 is 1.68 bits per heavy atom. The third-order valence-corrected chi connectivity index (χ3v) is 8.07. The van der Waals surface area contributed by atoms with E-state index < -0.39 is 16.9 Å². The molecule has 3 aliphatic heterocycles. The van der Waals surface area contributed by atoms with Gasteiger partial charge >= 0.3 is 5.97 Å². The van der Waals surface area contributed by atoms with Crippen molar-refractivity contribution in [1.29, 1.82) is 0 Å². The molecule has 11 nitrogen and oxygen atoms in total. The number of ether oxygens (including phenoxy) is 1. The van der Waals surface area contributed by atoms with Gasteiger partial charge in [-0.2, -0.15) is 0 Å². The molecule has 1 saturated heterocycles. The second-order valence-corrected chi connectivity index (χ2v) is 10.5. The van der Waals surface area contributed by atoms with Gasteiger partial charge in [0.15, 0.2) is 5.17 Å². The zero-order chi connectivity index (χ0) is 29.1. The maximum absolute atomic E-state index is 13.6. The SMILES string of the molecule is CCOC(=O)C1=C(c2ccccc2)N=C2SC=C(CC(=O)N3CCN(C(C)=O)CC3)N2C1c1ccc([N+](=O)[O-])cc1. The summed E-state index contributed by atoms with van der Waals surface area (Å²) in [6.07, 6.45) is 0.0619. The number of fused-ring (bicyclic) bond motifs is 1. The highest BCUT2D eigenvalue weighted by atomic mass is 32.2. The van der Waals surface area contributed by atoms with Crippen LogP contribution in [0.2, 0.25) is 0 Å². The predicted octanol–water partition coefficient (Wildman–Crippen LogP) is 3.95. The van der Waals surface area contributed by atoms with E-state index in [0.29, 0.717) is 48.3 Å². The van der Waals surface area contributed by atoms with Crippen LogP contribution < -0.4 is 0 Å². The fraction of sp³-hybridized carbons (Fsp3) is 0.310. The summed E-state index contributed by atoms with van der Waals surface area (Å²) >= 11 is 1.36. The second kappa shape index (κ2) is 12.0. The number of nitro groups is 1. The number of nitro benzene ring substituents is 1. The third-order valence-electron chi connectivity index (χ3n) is 7.18. The number of benzene rings is 2. The normalized spacial score (nSPS) is 18.5. The molecule has 3 heterocycles. The Morgan fingerprint density at radius 1 is 1.02 bits per heavy atom. The van der Waals surface area contributed by atoms with E-state index in [2.05, 4.69) is 0 Å². The molecule has 5 rings (SSSR count). The van der Waals surface area contributed by atoms with E-state index in [-0.39, 0.29) is 36.1 Å². The Morgan fingerprint density at radius 3 is 2.29 bits per heavy atom. The van der Waals surface area contributed by atoms with Gasteiger partial charge in [0.1, 0.15) is 0 Å². The molecule has 0 aromatic heterocycles. The van der Waals surface area contributed by atoms with Crippen LogP contribution in [0.3, 0.4) is 0 Å². The molecule has 1 fully saturated rings. The number of esters is 1. The number of carbonyl (C=O) groups excluding carboxylic acids is 3. The summed E-state index contributed by atoms with van der Waals surface area (Å²) in [5, 5.41) is 13.8. The highest BCUT2D eigenvalue weighted by Crippen LogP contribution is 2.47. The summed E-state index contributed by atoms with van der Waals surface area (Å²) in [6.45, 7) is 5.23. The van der Waals surface area contributed by atoms with Gasteiger partial charge in [0.05, 0.1) is 35.3 Å². The lowest BCUT2D eigenvalue weighted by Gasteiger charge is -2.38. The average molecular weight is 576 g/mol. The van der Waals surface area contributed by atoms with Crippen LogP contribution in [0.25, 0.3) is 5.70 Å². The first-order chi connectivity index (χ1) is 19.8. The van der Waals surface area contributed by atoms with Gasteiger partial charge in [-0.3, -0.25) is 19.7 Å². The maximum atomic E-state index is 13.6. The fourth-order valence-corrected chi connectivity index (χ4v) is 6.04. The number of nitrogens with zero attached hydrogens (tertiary/aromatic N) is 5. The van der Waals surface area contributed by atoms with Gasteiger partial charge in [-0.25, -0.2) is 9.79 Å². The van der Waals surface area contributed by atoms with Crippen molar-refractivity contribution >= 4 is 46.1 Å². The molecule has 2 aromatic carbocycles. The Hall–Kier alpha value is -4.45. The summed E-state index contributed by atoms with van der Waals surface area (Å²) in [5.41, 5.74) is 2.66. The highest BCUT2D eigenvalue weighted by molar-refractivity contribution is 8.16.